The van der Waals surface area contributed by atoms with E-state index < -0.39 is 0 Å². The van der Waals surface area contributed by atoms with Crippen LogP contribution in [0.2, 0.25) is 0 Å². The first-order chi connectivity index (χ1) is 12.1. The zero-order valence-electron chi connectivity index (χ0n) is 13.4. The van der Waals surface area contributed by atoms with Gasteiger partial charge in [-0.25, -0.2) is 9.37 Å². The second-order valence-corrected chi connectivity index (χ2v) is 7.18. The molecule has 8 heteroatoms. The molecule has 0 fully saturated rings. The van der Waals surface area contributed by atoms with Crippen LogP contribution in [0.4, 0.5) is 4.39 Å². The zero-order chi connectivity index (χ0) is 17.8. The molecule has 0 atom stereocenters. The van der Waals surface area contributed by atoms with Crippen molar-refractivity contribution in [3.63, 3.8) is 0 Å². The number of esters is 1. The third-order valence-electron chi connectivity index (χ3n) is 3.57. The summed E-state index contributed by atoms with van der Waals surface area (Å²) in [5, 5.41) is 2.89. The number of aromatic nitrogens is 2. The van der Waals surface area contributed by atoms with E-state index in [4.69, 9.17) is 0 Å². The van der Waals surface area contributed by atoms with Gasteiger partial charge in [-0.05, 0) is 24.1 Å². The molecule has 0 radical (unpaired) electrons. The van der Waals surface area contributed by atoms with Gasteiger partial charge >= 0.3 is 5.97 Å². The van der Waals surface area contributed by atoms with Crippen LogP contribution < -0.4 is 5.56 Å². The molecule has 0 bridgehead atoms. The smallest absolute Gasteiger partial charge is 0.305 e. The molecular formula is C17H15FN2O3S2. The lowest BCUT2D eigenvalue weighted by molar-refractivity contribution is -0.140. The van der Waals surface area contributed by atoms with Crippen LogP contribution >= 0.6 is 23.1 Å². The highest BCUT2D eigenvalue weighted by Crippen LogP contribution is 2.31. The Hall–Kier alpha value is -2.19. The minimum atomic E-state index is -0.319. The summed E-state index contributed by atoms with van der Waals surface area (Å²) in [4.78, 5) is 31.4. The van der Waals surface area contributed by atoms with Crippen molar-refractivity contribution in [2.45, 2.75) is 18.0 Å². The van der Waals surface area contributed by atoms with Crippen LogP contribution in [-0.4, -0.2) is 28.8 Å². The van der Waals surface area contributed by atoms with E-state index in [0.717, 1.165) is 11.1 Å². The average molecular weight is 378 g/mol. The average Bonchev–Trinajstić information content (AvgIpc) is 3.03. The van der Waals surface area contributed by atoms with Gasteiger partial charge in [0.05, 0.1) is 12.5 Å². The first kappa shape index (κ1) is 17.6. The summed E-state index contributed by atoms with van der Waals surface area (Å²) in [6.45, 7) is 0. The molecule has 0 saturated carbocycles. The molecule has 0 spiro atoms. The highest BCUT2D eigenvalue weighted by atomic mass is 32.2. The maximum atomic E-state index is 13.1. The number of nitrogens with one attached hydrogen (secondary N) is 1. The maximum Gasteiger partial charge on any atom is 0.305 e. The number of thioether (sulfide) groups is 1. The van der Waals surface area contributed by atoms with Gasteiger partial charge in [0, 0.05) is 23.1 Å². The van der Waals surface area contributed by atoms with Gasteiger partial charge in [-0.15, -0.1) is 11.3 Å². The quantitative estimate of drug-likeness (QED) is 0.305. The predicted octanol–water partition coefficient (Wildman–Crippen LogP) is 3.84. The first-order valence-corrected chi connectivity index (χ1v) is 9.42. The van der Waals surface area contributed by atoms with Gasteiger partial charge in [-0.3, -0.25) is 9.59 Å². The molecule has 0 amide bonds. The van der Waals surface area contributed by atoms with Gasteiger partial charge in [-0.1, -0.05) is 23.9 Å². The van der Waals surface area contributed by atoms with Crippen LogP contribution in [-0.2, 0) is 9.53 Å². The molecule has 0 aliphatic carbocycles. The SMILES string of the molecule is COC(=O)CCCSc1nc2scc(-c3ccc(F)cc3)c2c(=O)[nH]1. The van der Waals surface area contributed by atoms with Gasteiger partial charge in [0.1, 0.15) is 10.6 Å². The second kappa shape index (κ2) is 7.79. The van der Waals surface area contributed by atoms with E-state index in [1.165, 1.54) is 42.3 Å². The normalized spacial score (nSPS) is 11.0. The van der Waals surface area contributed by atoms with E-state index in [2.05, 4.69) is 14.7 Å². The standard InChI is InChI=1S/C17H15FN2O3S2/c1-23-13(21)3-2-8-24-17-19-15(22)14-12(9-25-16(14)20-17)10-4-6-11(18)7-5-10/h4-7,9H,2-3,8H2,1H3,(H,19,20,22). The lowest BCUT2D eigenvalue weighted by atomic mass is 10.1. The van der Waals surface area contributed by atoms with Gasteiger partial charge in [0.25, 0.3) is 5.56 Å². The van der Waals surface area contributed by atoms with Crippen LogP contribution in [0.5, 0.6) is 0 Å². The number of methoxy groups -OCH3 is 1. The number of carbonyl (C=O) groups is 1. The number of H-pyrrole nitrogens is 1. The number of nitrogens with zero attached hydrogens (tertiary/aromatic N) is 1. The minimum Gasteiger partial charge on any atom is -0.469 e. The van der Waals surface area contributed by atoms with Crippen molar-refractivity contribution >= 4 is 39.3 Å². The fourth-order valence-electron chi connectivity index (χ4n) is 2.33. The summed E-state index contributed by atoms with van der Waals surface area (Å²) in [6, 6.07) is 6.02. The molecule has 3 rings (SSSR count). The number of rotatable bonds is 6. The van der Waals surface area contributed by atoms with Crippen molar-refractivity contribution < 1.29 is 13.9 Å². The van der Waals surface area contributed by atoms with Crippen LogP contribution in [0.25, 0.3) is 21.3 Å². The number of ether oxygens (including phenoxy) is 1. The summed E-state index contributed by atoms with van der Waals surface area (Å²) in [5.74, 6) is 0.0837. The third kappa shape index (κ3) is 4.08. The fraction of sp³-hybridized carbons (Fsp3) is 0.235. The van der Waals surface area contributed by atoms with Crippen LogP contribution in [0.3, 0.4) is 0 Å². The zero-order valence-corrected chi connectivity index (χ0v) is 15.0. The lowest BCUT2D eigenvalue weighted by Crippen LogP contribution is -2.09. The molecule has 0 aliphatic heterocycles. The largest absolute Gasteiger partial charge is 0.469 e. The molecule has 0 aliphatic rings. The first-order valence-electron chi connectivity index (χ1n) is 7.55. The van der Waals surface area contributed by atoms with Gasteiger partial charge in [0.2, 0.25) is 0 Å². The minimum absolute atomic E-state index is 0.221. The van der Waals surface area contributed by atoms with Crippen molar-refractivity contribution in [3.8, 4) is 11.1 Å². The number of aromatic amines is 1. The monoisotopic (exact) mass is 378 g/mol. The number of halogens is 1. The van der Waals surface area contributed by atoms with Crippen LogP contribution in [0.15, 0.2) is 39.6 Å². The number of hydrogen-bond acceptors (Lipinski definition) is 6. The Bertz CT molecular complexity index is 951. The second-order valence-electron chi connectivity index (χ2n) is 5.24. The van der Waals surface area contributed by atoms with Crippen molar-refractivity contribution in [1.29, 1.82) is 0 Å². The highest BCUT2D eigenvalue weighted by molar-refractivity contribution is 7.99. The van der Waals surface area contributed by atoms with Crippen molar-refractivity contribution in [2.24, 2.45) is 0 Å². The van der Waals surface area contributed by atoms with Crippen molar-refractivity contribution in [3.05, 3.63) is 45.8 Å². The molecule has 25 heavy (non-hydrogen) atoms. The molecule has 2 heterocycles. The number of carbonyl (C=O) groups excluding carboxylic acids is 1. The summed E-state index contributed by atoms with van der Waals surface area (Å²) >= 11 is 2.77. The van der Waals surface area contributed by atoms with E-state index in [1.807, 2.05) is 5.38 Å². The van der Waals surface area contributed by atoms with E-state index in [1.54, 1.807) is 12.1 Å². The van der Waals surface area contributed by atoms with Gasteiger partial charge in [-0.2, -0.15) is 0 Å². The molecule has 3 aromatic rings. The molecular weight excluding hydrogens is 363 g/mol. The Labute approximate surface area is 151 Å². The van der Waals surface area contributed by atoms with Crippen molar-refractivity contribution in [1.82, 2.24) is 9.97 Å². The van der Waals surface area contributed by atoms with Crippen LogP contribution in [0, 0.1) is 5.82 Å². The third-order valence-corrected chi connectivity index (χ3v) is 5.40. The molecule has 1 N–H and O–H groups in total. The molecule has 0 saturated heterocycles. The van der Waals surface area contributed by atoms with E-state index in [9.17, 15) is 14.0 Å². The molecule has 5 nitrogen and oxygen atoms in total. The fourth-order valence-corrected chi connectivity index (χ4v) is 4.14. The number of thiophene rings is 1. The number of fused-ring (bicyclic) bond motifs is 1. The van der Waals surface area contributed by atoms with E-state index in [0.29, 0.717) is 34.0 Å². The molecule has 2 aromatic heterocycles. The Morgan fingerprint density at radius 3 is 2.84 bits per heavy atom. The lowest BCUT2D eigenvalue weighted by Gasteiger charge is -2.02. The Morgan fingerprint density at radius 1 is 1.36 bits per heavy atom. The van der Waals surface area contributed by atoms with Gasteiger partial charge in [0.15, 0.2) is 5.16 Å². The highest BCUT2D eigenvalue weighted by Gasteiger charge is 2.13. The topological polar surface area (TPSA) is 72.0 Å². The summed E-state index contributed by atoms with van der Waals surface area (Å²) in [6.07, 6.45) is 0.980. The summed E-state index contributed by atoms with van der Waals surface area (Å²) in [7, 11) is 1.36. The van der Waals surface area contributed by atoms with E-state index >= 15 is 0 Å². The Morgan fingerprint density at radius 2 is 2.12 bits per heavy atom. The van der Waals surface area contributed by atoms with Gasteiger partial charge < -0.3 is 9.72 Å². The molecule has 1 aromatic carbocycles. The maximum absolute atomic E-state index is 13.1. The predicted molar refractivity (Wildman–Crippen MR) is 97.6 cm³/mol. The number of benzene rings is 1. The molecule has 130 valence electrons. The summed E-state index contributed by atoms with van der Waals surface area (Å²) < 4.78 is 17.7. The molecule has 0 unspecified atom stereocenters. The Balaban J connectivity index is 1.80. The summed E-state index contributed by atoms with van der Waals surface area (Å²) in [5.41, 5.74) is 1.30. The van der Waals surface area contributed by atoms with E-state index in [-0.39, 0.29) is 17.3 Å². The number of hydrogen-bond donors (Lipinski definition) is 1. The van der Waals surface area contributed by atoms with Crippen LogP contribution in [0.1, 0.15) is 12.8 Å². The van der Waals surface area contributed by atoms with Crippen molar-refractivity contribution in [2.75, 3.05) is 12.9 Å². The Kier molecular flexibility index (Phi) is 5.50.